The number of hydrogen-bond acceptors (Lipinski definition) is 5. The number of imidazole rings is 1. The lowest BCUT2D eigenvalue weighted by Gasteiger charge is -2.12. The molecular formula is C22H20N6O3. The van der Waals surface area contributed by atoms with E-state index in [4.69, 9.17) is 0 Å². The Morgan fingerprint density at radius 3 is 2.35 bits per heavy atom. The van der Waals surface area contributed by atoms with Gasteiger partial charge in [-0.1, -0.05) is 43.3 Å². The molecule has 4 rings (SSSR count). The lowest BCUT2D eigenvalue weighted by molar-refractivity contribution is 0.0840. The molecule has 0 saturated heterocycles. The largest absolute Gasteiger partial charge is 0.295 e. The predicted octanol–water partition coefficient (Wildman–Crippen LogP) is 2.07. The Hall–Kier alpha value is -4.27. The van der Waals surface area contributed by atoms with Gasteiger partial charge >= 0.3 is 0 Å². The Bertz CT molecular complexity index is 1310. The molecule has 9 nitrogen and oxygen atoms in total. The minimum absolute atomic E-state index is 0.0560. The minimum atomic E-state index is -0.625. The van der Waals surface area contributed by atoms with Gasteiger partial charge in [0, 0.05) is 17.6 Å². The molecule has 0 aliphatic rings. The van der Waals surface area contributed by atoms with Crippen molar-refractivity contribution in [2.24, 2.45) is 0 Å². The molecule has 2 N–H and O–H groups in total. The van der Waals surface area contributed by atoms with Crippen molar-refractivity contribution in [3.8, 4) is 5.69 Å². The number of para-hydroxylation sites is 1. The summed E-state index contributed by atoms with van der Waals surface area (Å²) >= 11 is 0. The third-order valence-electron chi connectivity index (χ3n) is 4.71. The number of nitrogens with one attached hydrogen (secondary N) is 2. The number of hydrazine groups is 1. The molecule has 2 aromatic carbocycles. The van der Waals surface area contributed by atoms with E-state index in [-0.39, 0.29) is 16.9 Å². The maximum atomic E-state index is 12.8. The first kappa shape index (κ1) is 20.0. The molecule has 4 aromatic rings. The normalized spacial score (nSPS) is 10.7. The summed E-state index contributed by atoms with van der Waals surface area (Å²) in [5, 5.41) is 5.03. The molecule has 2 heterocycles. The standard InChI is InChI=1S/C22H20N6O3/c1-2-12-28-22(31)17-11-7-6-10-16(17)19(26-28)21(30)25-24-20(29)18-13-23-14-27(18)15-8-4-3-5-9-15/h3-11,13-14H,2,12H2,1H3,(H,24,29)(H,25,30). The van der Waals surface area contributed by atoms with Crippen molar-refractivity contribution in [2.45, 2.75) is 19.9 Å². The molecule has 0 unspecified atom stereocenters. The van der Waals surface area contributed by atoms with Crippen LogP contribution in [0, 0.1) is 0 Å². The predicted molar refractivity (Wildman–Crippen MR) is 115 cm³/mol. The zero-order valence-electron chi connectivity index (χ0n) is 16.8. The minimum Gasteiger partial charge on any atom is -0.295 e. The van der Waals surface area contributed by atoms with E-state index in [1.807, 2.05) is 37.3 Å². The van der Waals surface area contributed by atoms with E-state index in [9.17, 15) is 14.4 Å². The first-order valence-corrected chi connectivity index (χ1v) is 9.78. The second-order valence-corrected chi connectivity index (χ2v) is 6.82. The van der Waals surface area contributed by atoms with Gasteiger partial charge in [0.05, 0.1) is 17.9 Å². The molecule has 0 fully saturated rings. The Morgan fingerprint density at radius 1 is 0.935 bits per heavy atom. The molecule has 2 aromatic heterocycles. The van der Waals surface area contributed by atoms with Gasteiger partial charge in [-0.15, -0.1) is 0 Å². The van der Waals surface area contributed by atoms with E-state index in [1.54, 1.807) is 28.8 Å². The van der Waals surface area contributed by atoms with E-state index in [2.05, 4.69) is 20.9 Å². The van der Waals surface area contributed by atoms with Gasteiger partial charge in [-0.05, 0) is 24.6 Å². The van der Waals surface area contributed by atoms with Crippen molar-refractivity contribution in [1.29, 1.82) is 0 Å². The summed E-state index contributed by atoms with van der Waals surface area (Å²) in [7, 11) is 0. The molecule has 9 heteroatoms. The highest BCUT2D eigenvalue weighted by Crippen LogP contribution is 2.14. The number of aryl methyl sites for hydroxylation is 1. The molecular weight excluding hydrogens is 396 g/mol. The van der Waals surface area contributed by atoms with Crippen molar-refractivity contribution in [2.75, 3.05) is 0 Å². The second-order valence-electron chi connectivity index (χ2n) is 6.82. The molecule has 0 bridgehead atoms. The first-order valence-electron chi connectivity index (χ1n) is 9.78. The van der Waals surface area contributed by atoms with E-state index >= 15 is 0 Å². The topological polar surface area (TPSA) is 111 Å². The summed E-state index contributed by atoms with van der Waals surface area (Å²) in [5.41, 5.74) is 5.59. The van der Waals surface area contributed by atoms with E-state index in [0.29, 0.717) is 23.7 Å². The highest BCUT2D eigenvalue weighted by atomic mass is 16.2. The zero-order chi connectivity index (χ0) is 21.8. The summed E-state index contributed by atoms with van der Waals surface area (Å²) < 4.78 is 2.88. The van der Waals surface area contributed by atoms with Crippen LogP contribution in [0.3, 0.4) is 0 Å². The van der Waals surface area contributed by atoms with Crippen LogP contribution in [-0.2, 0) is 6.54 Å². The van der Waals surface area contributed by atoms with Crippen LogP contribution < -0.4 is 16.4 Å². The van der Waals surface area contributed by atoms with Gasteiger partial charge in [-0.25, -0.2) is 9.67 Å². The van der Waals surface area contributed by atoms with Crippen LogP contribution in [0.4, 0.5) is 0 Å². The number of nitrogens with zero attached hydrogens (tertiary/aromatic N) is 4. The molecule has 0 aliphatic carbocycles. The summed E-state index contributed by atoms with van der Waals surface area (Å²) in [6.45, 7) is 2.30. The van der Waals surface area contributed by atoms with Crippen molar-refractivity contribution in [3.63, 3.8) is 0 Å². The van der Waals surface area contributed by atoms with Gasteiger partial charge < -0.3 is 0 Å². The van der Waals surface area contributed by atoms with Gasteiger partial charge in [0.25, 0.3) is 17.4 Å². The van der Waals surface area contributed by atoms with Gasteiger partial charge in [-0.3, -0.25) is 29.8 Å². The number of benzene rings is 2. The van der Waals surface area contributed by atoms with E-state index in [0.717, 1.165) is 5.69 Å². The molecule has 2 amide bonds. The fourth-order valence-corrected chi connectivity index (χ4v) is 3.26. The molecule has 0 spiro atoms. The maximum absolute atomic E-state index is 12.8. The maximum Gasteiger partial charge on any atom is 0.290 e. The van der Waals surface area contributed by atoms with E-state index in [1.165, 1.54) is 17.2 Å². The molecule has 0 saturated carbocycles. The molecule has 0 radical (unpaired) electrons. The Balaban J connectivity index is 1.58. The SMILES string of the molecule is CCCn1nc(C(=O)NNC(=O)c2cncn2-c2ccccc2)c2ccccc2c1=O. The Kier molecular flexibility index (Phi) is 5.57. The number of hydrogen-bond donors (Lipinski definition) is 2. The zero-order valence-corrected chi connectivity index (χ0v) is 16.8. The number of carbonyl (C=O) groups is 2. The summed E-state index contributed by atoms with van der Waals surface area (Å²) in [6, 6.07) is 16.0. The van der Waals surface area contributed by atoms with Crippen molar-refractivity contribution < 1.29 is 9.59 Å². The average Bonchev–Trinajstić information content (AvgIpc) is 3.30. The monoisotopic (exact) mass is 416 g/mol. The van der Waals surface area contributed by atoms with Crippen LogP contribution in [0.25, 0.3) is 16.5 Å². The lowest BCUT2D eigenvalue weighted by Crippen LogP contribution is -2.43. The van der Waals surface area contributed by atoms with Crippen LogP contribution in [0.5, 0.6) is 0 Å². The highest BCUT2D eigenvalue weighted by molar-refractivity contribution is 6.05. The fraction of sp³-hybridized carbons (Fsp3) is 0.136. The van der Waals surface area contributed by atoms with Gasteiger partial charge in [0.2, 0.25) is 0 Å². The summed E-state index contributed by atoms with van der Waals surface area (Å²) in [4.78, 5) is 42.1. The van der Waals surface area contributed by atoms with Crippen molar-refractivity contribution in [1.82, 2.24) is 30.2 Å². The number of rotatable bonds is 5. The number of amides is 2. The second kappa shape index (κ2) is 8.62. The Morgan fingerprint density at radius 2 is 1.61 bits per heavy atom. The van der Waals surface area contributed by atoms with Crippen molar-refractivity contribution in [3.05, 3.63) is 88.9 Å². The van der Waals surface area contributed by atoms with Crippen LogP contribution >= 0.6 is 0 Å². The third-order valence-corrected chi connectivity index (χ3v) is 4.71. The highest BCUT2D eigenvalue weighted by Gasteiger charge is 2.18. The molecule has 0 aliphatic heterocycles. The first-order chi connectivity index (χ1) is 15.1. The molecule has 156 valence electrons. The average molecular weight is 416 g/mol. The van der Waals surface area contributed by atoms with Gasteiger partial charge in [-0.2, -0.15) is 5.10 Å². The quantitative estimate of drug-likeness (QED) is 0.484. The Labute approximate surface area is 177 Å². The summed E-state index contributed by atoms with van der Waals surface area (Å²) in [6.07, 6.45) is 3.61. The van der Waals surface area contributed by atoms with E-state index < -0.39 is 11.8 Å². The summed E-state index contributed by atoms with van der Waals surface area (Å²) in [5.74, 6) is -1.17. The number of carbonyl (C=O) groups excluding carboxylic acids is 2. The van der Waals surface area contributed by atoms with Crippen LogP contribution in [0.1, 0.15) is 34.3 Å². The van der Waals surface area contributed by atoms with Crippen LogP contribution in [-0.4, -0.2) is 31.1 Å². The van der Waals surface area contributed by atoms with Crippen LogP contribution in [0.15, 0.2) is 71.9 Å². The number of fused-ring (bicyclic) bond motifs is 1. The van der Waals surface area contributed by atoms with Crippen molar-refractivity contribution >= 4 is 22.6 Å². The molecule has 31 heavy (non-hydrogen) atoms. The van der Waals surface area contributed by atoms with Gasteiger partial charge in [0.1, 0.15) is 5.69 Å². The fourth-order valence-electron chi connectivity index (χ4n) is 3.26. The van der Waals surface area contributed by atoms with Gasteiger partial charge in [0.15, 0.2) is 5.69 Å². The lowest BCUT2D eigenvalue weighted by atomic mass is 10.1. The smallest absolute Gasteiger partial charge is 0.290 e. The van der Waals surface area contributed by atoms with Crippen LogP contribution in [0.2, 0.25) is 0 Å². The molecule has 0 atom stereocenters. The third kappa shape index (κ3) is 3.93. The number of aromatic nitrogens is 4.